The summed E-state index contributed by atoms with van der Waals surface area (Å²) < 4.78 is 35.4. The van der Waals surface area contributed by atoms with Crippen LogP contribution in [0.3, 0.4) is 0 Å². The van der Waals surface area contributed by atoms with Crippen LogP contribution in [0.4, 0.5) is 8.78 Å². The van der Waals surface area contributed by atoms with Gasteiger partial charge in [-0.3, -0.25) is 4.79 Å². The Morgan fingerprint density at radius 1 is 1.47 bits per heavy atom. The number of esters is 1. The lowest BCUT2D eigenvalue weighted by atomic mass is 10.2. The Morgan fingerprint density at radius 2 is 2.16 bits per heavy atom. The number of carbonyl (C=O) groups is 2. The van der Waals surface area contributed by atoms with Crippen molar-refractivity contribution in [3.8, 4) is 5.88 Å². The monoisotopic (exact) mass is 274 g/mol. The molecule has 104 valence electrons. The predicted molar refractivity (Wildman–Crippen MR) is 59.5 cm³/mol. The maximum Gasteiger partial charge on any atom is 0.345 e. The van der Waals surface area contributed by atoms with Crippen molar-refractivity contribution < 1.29 is 27.8 Å². The molecule has 1 aromatic heterocycles. The lowest BCUT2D eigenvalue weighted by Crippen LogP contribution is -2.25. The van der Waals surface area contributed by atoms with Gasteiger partial charge in [-0.1, -0.05) is 6.92 Å². The van der Waals surface area contributed by atoms with Gasteiger partial charge in [0.25, 0.3) is 5.92 Å². The smallest absolute Gasteiger partial charge is 0.345 e. The Kier molecular flexibility index (Phi) is 4.85. The Balaban J connectivity index is 3.06. The van der Waals surface area contributed by atoms with E-state index in [0.29, 0.717) is 6.29 Å². The highest BCUT2D eigenvalue weighted by molar-refractivity contribution is 5.98. The topological polar surface area (TPSA) is 78.4 Å². The minimum atomic E-state index is -3.06. The zero-order valence-electron chi connectivity index (χ0n) is 10.4. The molecule has 0 bridgehead atoms. The van der Waals surface area contributed by atoms with Crippen molar-refractivity contribution in [1.82, 2.24) is 9.97 Å². The van der Waals surface area contributed by atoms with E-state index in [1.807, 2.05) is 0 Å². The molecule has 0 amide bonds. The fourth-order valence-electron chi connectivity index (χ4n) is 1.15. The zero-order valence-corrected chi connectivity index (χ0v) is 10.4. The average Bonchev–Trinajstić information content (AvgIpc) is 2.43. The molecule has 0 atom stereocenters. The molecule has 0 saturated carbocycles. The first-order valence-corrected chi connectivity index (χ1v) is 5.34. The van der Waals surface area contributed by atoms with Crippen LogP contribution < -0.4 is 4.74 Å². The number of halogens is 2. The van der Waals surface area contributed by atoms with Crippen LogP contribution >= 0.6 is 0 Å². The van der Waals surface area contributed by atoms with Crippen LogP contribution in [0.1, 0.15) is 34.2 Å². The third-order valence-electron chi connectivity index (χ3n) is 2.28. The molecule has 19 heavy (non-hydrogen) atoms. The summed E-state index contributed by atoms with van der Waals surface area (Å²) >= 11 is 0. The summed E-state index contributed by atoms with van der Waals surface area (Å²) in [6.07, 6.45) is 0.806. The van der Waals surface area contributed by atoms with Gasteiger partial charge < -0.3 is 9.47 Å². The molecule has 0 N–H and O–H groups in total. The average molecular weight is 274 g/mol. The van der Waals surface area contributed by atoms with Crippen LogP contribution in [-0.4, -0.2) is 41.9 Å². The Hall–Kier alpha value is -2.12. The number of rotatable bonds is 6. The van der Waals surface area contributed by atoms with Crippen LogP contribution in [0.2, 0.25) is 0 Å². The highest BCUT2D eigenvalue weighted by Gasteiger charge is 2.29. The van der Waals surface area contributed by atoms with Crippen molar-refractivity contribution in [2.24, 2.45) is 0 Å². The van der Waals surface area contributed by atoms with Crippen LogP contribution in [0, 0.1) is 0 Å². The summed E-state index contributed by atoms with van der Waals surface area (Å²) in [5.41, 5.74) is -0.649. The number of aromatic nitrogens is 2. The summed E-state index contributed by atoms with van der Waals surface area (Å²) in [6, 6.07) is 0. The first-order chi connectivity index (χ1) is 8.95. The maximum absolute atomic E-state index is 13.1. The number of alkyl halides is 2. The number of ether oxygens (including phenoxy) is 2. The van der Waals surface area contributed by atoms with E-state index in [1.165, 1.54) is 6.92 Å². The second kappa shape index (κ2) is 6.17. The first-order valence-electron chi connectivity index (χ1n) is 5.34. The van der Waals surface area contributed by atoms with Gasteiger partial charge in [-0.2, -0.15) is 0 Å². The zero-order chi connectivity index (χ0) is 14.5. The van der Waals surface area contributed by atoms with Gasteiger partial charge in [-0.25, -0.2) is 23.5 Å². The van der Waals surface area contributed by atoms with Gasteiger partial charge in [0, 0.05) is 6.42 Å². The van der Waals surface area contributed by atoms with Gasteiger partial charge in [0.05, 0.1) is 7.11 Å². The predicted octanol–water partition coefficient (Wildman–Crippen LogP) is 1.50. The lowest BCUT2D eigenvalue weighted by Gasteiger charge is -2.15. The largest absolute Gasteiger partial charge is 0.471 e. The highest BCUT2D eigenvalue weighted by atomic mass is 19.3. The molecule has 0 unspecified atom stereocenters. The number of nitrogens with zero attached hydrogens (tertiary/aromatic N) is 2. The van der Waals surface area contributed by atoms with E-state index in [2.05, 4.69) is 14.7 Å². The normalized spacial score (nSPS) is 10.9. The molecule has 1 rings (SSSR count). The standard InChI is InChI=1S/C11H12F2N2O4/c1-3-11(12,13)5-19-9-8(10(17)18-2)7(4-16)14-6-15-9/h4,6H,3,5H2,1-2H3. The van der Waals surface area contributed by atoms with Gasteiger partial charge in [0.1, 0.15) is 12.0 Å². The fraction of sp³-hybridized carbons (Fsp3) is 0.455. The molecular formula is C11H12F2N2O4. The van der Waals surface area contributed by atoms with Crippen molar-refractivity contribution >= 4 is 12.3 Å². The lowest BCUT2D eigenvalue weighted by molar-refractivity contribution is -0.0451. The molecule has 0 spiro atoms. The third-order valence-corrected chi connectivity index (χ3v) is 2.28. The van der Waals surface area contributed by atoms with E-state index in [4.69, 9.17) is 4.74 Å². The molecular weight excluding hydrogens is 262 g/mol. The van der Waals surface area contributed by atoms with E-state index in [0.717, 1.165) is 13.4 Å². The van der Waals surface area contributed by atoms with Crippen molar-refractivity contribution in [2.75, 3.05) is 13.7 Å². The quantitative estimate of drug-likeness (QED) is 0.577. The number of aldehydes is 1. The second-order valence-corrected chi connectivity index (χ2v) is 3.55. The van der Waals surface area contributed by atoms with Crippen LogP contribution in [0.15, 0.2) is 6.33 Å². The molecule has 8 heteroatoms. The van der Waals surface area contributed by atoms with E-state index in [1.54, 1.807) is 0 Å². The number of methoxy groups -OCH3 is 1. The van der Waals surface area contributed by atoms with Crippen molar-refractivity contribution in [2.45, 2.75) is 19.3 Å². The molecule has 0 aromatic carbocycles. The molecule has 1 heterocycles. The third kappa shape index (κ3) is 3.67. The van der Waals surface area contributed by atoms with Crippen LogP contribution in [-0.2, 0) is 4.74 Å². The van der Waals surface area contributed by atoms with Crippen LogP contribution in [0.25, 0.3) is 0 Å². The van der Waals surface area contributed by atoms with E-state index < -0.39 is 30.8 Å². The molecule has 0 radical (unpaired) electrons. The molecule has 0 fully saturated rings. The second-order valence-electron chi connectivity index (χ2n) is 3.55. The van der Waals surface area contributed by atoms with Gasteiger partial charge in [0.15, 0.2) is 18.5 Å². The highest BCUT2D eigenvalue weighted by Crippen LogP contribution is 2.22. The van der Waals surface area contributed by atoms with E-state index >= 15 is 0 Å². The summed E-state index contributed by atoms with van der Waals surface area (Å²) in [5.74, 6) is -4.39. The van der Waals surface area contributed by atoms with Crippen molar-refractivity contribution in [3.05, 3.63) is 17.6 Å². The van der Waals surface area contributed by atoms with E-state index in [9.17, 15) is 18.4 Å². The molecule has 6 nitrogen and oxygen atoms in total. The summed E-state index contributed by atoms with van der Waals surface area (Å²) in [4.78, 5) is 29.3. The Labute approximate surface area is 107 Å². The van der Waals surface area contributed by atoms with Gasteiger partial charge in [0.2, 0.25) is 5.88 Å². The van der Waals surface area contributed by atoms with Crippen molar-refractivity contribution in [3.63, 3.8) is 0 Å². The summed E-state index contributed by atoms with van der Waals surface area (Å²) in [6.45, 7) is 0.338. The molecule has 0 aliphatic heterocycles. The molecule has 1 aromatic rings. The Morgan fingerprint density at radius 3 is 2.68 bits per heavy atom. The SMILES string of the molecule is CCC(F)(F)COc1ncnc(C=O)c1C(=O)OC. The minimum Gasteiger partial charge on any atom is -0.471 e. The summed E-state index contributed by atoms with van der Waals surface area (Å²) in [5, 5.41) is 0. The molecule has 0 aliphatic rings. The number of hydrogen-bond donors (Lipinski definition) is 0. The maximum atomic E-state index is 13.1. The molecule has 0 saturated heterocycles. The number of hydrogen-bond acceptors (Lipinski definition) is 6. The summed E-state index contributed by atoms with van der Waals surface area (Å²) in [7, 11) is 1.08. The van der Waals surface area contributed by atoms with Gasteiger partial charge >= 0.3 is 5.97 Å². The Bertz CT molecular complexity index is 480. The van der Waals surface area contributed by atoms with Gasteiger partial charge in [-0.15, -0.1) is 0 Å². The van der Waals surface area contributed by atoms with Crippen molar-refractivity contribution in [1.29, 1.82) is 0 Å². The van der Waals surface area contributed by atoms with Crippen LogP contribution in [0.5, 0.6) is 5.88 Å². The van der Waals surface area contributed by atoms with E-state index in [-0.39, 0.29) is 11.3 Å². The number of carbonyl (C=O) groups excluding carboxylic acids is 2. The van der Waals surface area contributed by atoms with Gasteiger partial charge in [-0.05, 0) is 0 Å². The molecule has 0 aliphatic carbocycles. The first kappa shape index (κ1) is 14.9. The minimum absolute atomic E-state index is 0.281. The fourth-order valence-corrected chi connectivity index (χ4v) is 1.15.